The number of hydrogen-bond acceptors (Lipinski definition) is 4. The van der Waals surface area contributed by atoms with E-state index in [4.69, 9.17) is 4.74 Å². The number of hydrogen-bond donors (Lipinski definition) is 1. The van der Waals surface area contributed by atoms with Gasteiger partial charge in [-0.2, -0.15) is 0 Å². The van der Waals surface area contributed by atoms with E-state index in [2.05, 4.69) is 5.32 Å². The first kappa shape index (κ1) is 13.8. The number of nitro benzene ring substituents is 1. The zero-order chi connectivity index (χ0) is 13.7. The molecule has 0 spiro atoms. The Kier molecular flexibility index (Phi) is 4.74. The van der Waals surface area contributed by atoms with Crippen LogP contribution in [0.15, 0.2) is 18.2 Å². The highest BCUT2D eigenvalue weighted by atomic mass is 16.6. The maximum Gasteiger partial charge on any atom is 0.310 e. The minimum Gasteiger partial charge on any atom is -0.487 e. The number of nitrogens with one attached hydrogen (secondary N) is 1. The molecule has 1 aromatic rings. The molecule has 0 bridgehead atoms. The Bertz CT molecular complexity index is 442. The second kappa shape index (κ2) is 6.52. The molecule has 1 heterocycles. The van der Waals surface area contributed by atoms with Gasteiger partial charge in [-0.15, -0.1) is 0 Å². The van der Waals surface area contributed by atoms with Gasteiger partial charge in [0.1, 0.15) is 0 Å². The van der Waals surface area contributed by atoms with Crippen LogP contribution in [-0.4, -0.2) is 24.6 Å². The molecule has 5 nitrogen and oxygen atoms in total. The van der Waals surface area contributed by atoms with Crippen molar-refractivity contribution in [1.29, 1.82) is 0 Å². The van der Waals surface area contributed by atoms with Crippen LogP contribution in [0.5, 0.6) is 5.75 Å². The fourth-order valence-electron chi connectivity index (χ4n) is 2.39. The van der Waals surface area contributed by atoms with Crippen molar-refractivity contribution < 1.29 is 9.66 Å². The SMILES string of the molecule is Cc1ccc([N+](=O)[O-])c(OCCC2CCCNC2)c1. The summed E-state index contributed by atoms with van der Waals surface area (Å²) in [5.74, 6) is 1.01. The predicted octanol–water partition coefficient (Wildman–Crippen LogP) is 2.67. The number of piperidine rings is 1. The van der Waals surface area contributed by atoms with Crippen LogP contribution >= 0.6 is 0 Å². The van der Waals surface area contributed by atoms with Crippen molar-refractivity contribution >= 4 is 5.69 Å². The normalized spacial score (nSPS) is 19.1. The molecule has 1 saturated heterocycles. The fourth-order valence-corrected chi connectivity index (χ4v) is 2.39. The second-order valence-electron chi connectivity index (χ2n) is 5.08. The number of aryl methyl sites for hydroxylation is 1. The lowest BCUT2D eigenvalue weighted by atomic mass is 9.97. The third kappa shape index (κ3) is 3.92. The van der Waals surface area contributed by atoms with Crippen LogP contribution in [0.1, 0.15) is 24.8 Å². The molecule has 19 heavy (non-hydrogen) atoms. The van der Waals surface area contributed by atoms with Crippen molar-refractivity contribution in [3.63, 3.8) is 0 Å². The largest absolute Gasteiger partial charge is 0.487 e. The Labute approximate surface area is 113 Å². The van der Waals surface area contributed by atoms with Gasteiger partial charge in [-0.05, 0) is 56.8 Å². The van der Waals surface area contributed by atoms with Crippen molar-refractivity contribution in [2.45, 2.75) is 26.2 Å². The smallest absolute Gasteiger partial charge is 0.310 e. The average molecular weight is 264 g/mol. The molecule has 0 aliphatic carbocycles. The quantitative estimate of drug-likeness (QED) is 0.656. The van der Waals surface area contributed by atoms with E-state index >= 15 is 0 Å². The zero-order valence-electron chi connectivity index (χ0n) is 11.2. The molecule has 5 heteroatoms. The molecular weight excluding hydrogens is 244 g/mol. The Morgan fingerprint density at radius 1 is 1.53 bits per heavy atom. The van der Waals surface area contributed by atoms with Gasteiger partial charge >= 0.3 is 5.69 Å². The molecule has 1 aliphatic rings. The van der Waals surface area contributed by atoms with Crippen LogP contribution < -0.4 is 10.1 Å². The van der Waals surface area contributed by atoms with Gasteiger partial charge in [-0.1, -0.05) is 6.07 Å². The van der Waals surface area contributed by atoms with Crippen molar-refractivity contribution in [2.24, 2.45) is 5.92 Å². The van der Waals surface area contributed by atoms with Gasteiger partial charge in [0, 0.05) is 6.07 Å². The van der Waals surface area contributed by atoms with Crippen LogP contribution in [0.4, 0.5) is 5.69 Å². The molecule has 1 unspecified atom stereocenters. The maximum absolute atomic E-state index is 10.9. The molecule has 1 aliphatic heterocycles. The third-order valence-electron chi connectivity index (χ3n) is 3.49. The summed E-state index contributed by atoms with van der Waals surface area (Å²) in [5.41, 5.74) is 1.02. The number of rotatable bonds is 5. The molecule has 1 atom stereocenters. The summed E-state index contributed by atoms with van der Waals surface area (Å²) in [4.78, 5) is 10.5. The number of nitro groups is 1. The summed E-state index contributed by atoms with van der Waals surface area (Å²) in [6, 6.07) is 4.97. The molecule has 1 N–H and O–H groups in total. The van der Waals surface area contributed by atoms with E-state index in [1.165, 1.54) is 18.9 Å². The van der Waals surface area contributed by atoms with Crippen LogP contribution in [0.3, 0.4) is 0 Å². The van der Waals surface area contributed by atoms with Gasteiger partial charge in [-0.3, -0.25) is 10.1 Å². The maximum atomic E-state index is 10.9. The van der Waals surface area contributed by atoms with Crippen LogP contribution in [-0.2, 0) is 0 Å². The minimum atomic E-state index is -0.392. The summed E-state index contributed by atoms with van der Waals surface area (Å²) >= 11 is 0. The summed E-state index contributed by atoms with van der Waals surface area (Å²) in [6.45, 7) is 4.57. The minimum absolute atomic E-state index is 0.0485. The summed E-state index contributed by atoms with van der Waals surface area (Å²) in [6.07, 6.45) is 3.36. The van der Waals surface area contributed by atoms with Crippen LogP contribution in [0.2, 0.25) is 0 Å². The lowest BCUT2D eigenvalue weighted by Crippen LogP contribution is -2.30. The molecule has 0 amide bonds. The predicted molar refractivity (Wildman–Crippen MR) is 73.5 cm³/mol. The van der Waals surface area contributed by atoms with Crippen LogP contribution in [0.25, 0.3) is 0 Å². The first-order chi connectivity index (χ1) is 9.16. The van der Waals surface area contributed by atoms with E-state index in [0.717, 1.165) is 25.1 Å². The Morgan fingerprint density at radius 3 is 3.05 bits per heavy atom. The summed E-state index contributed by atoms with van der Waals surface area (Å²) in [7, 11) is 0. The highest BCUT2D eigenvalue weighted by Gasteiger charge is 2.16. The van der Waals surface area contributed by atoms with E-state index in [0.29, 0.717) is 18.3 Å². The van der Waals surface area contributed by atoms with Crippen LogP contribution in [0, 0.1) is 23.0 Å². The van der Waals surface area contributed by atoms with E-state index in [1.807, 2.05) is 6.92 Å². The highest BCUT2D eigenvalue weighted by Crippen LogP contribution is 2.28. The van der Waals surface area contributed by atoms with Gasteiger partial charge in [-0.25, -0.2) is 0 Å². The average Bonchev–Trinajstić information content (AvgIpc) is 2.39. The van der Waals surface area contributed by atoms with Gasteiger partial charge in [0.2, 0.25) is 0 Å². The van der Waals surface area contributed by atoms with Gasteiger partial charge in [0.15, 0.2) is 5.75 Å². The van der Waals surface area contributed by atoms with Crippen molar-refractivity contribution in [3.05, 3.63) is 33.9 Å². The van der Waals surface area contributed by atoms with Crippen molar-refractivity contribution in [2.75, 3.05) is 19.7 Å². The second-order valence-corrected chi connectivity index (χ2v) is 5.08. The Hall–Kier alpha value is -1.62. The summed E-state index contributed by atoms with van der Waals surface area (Å²) < 4.78 is 5.61. The van der Waals surface area contributed by atoms with E-state index in [1.54, 1.807) is 12.1 Å². The number of benzene rings is 1. The fraction of sp³-hybridized carbons (Fsp3) is 0.571. The number of nitrogens with zero attached hydrogens (tertiary/aromatic N) is 1. The van der Waals surface area contributed by atoms with Crippen molar-refractivity contribution in [1.82, 2.24) is 5.32 Å². The topological polar surface area (TPSA) is 64.4 Å². The Balaban J connectivity index is 1.91. The third-order valence-corrected chi connectivity index (χ3v) is 3.49. The Morgan fingerprint density at radius 2 is 2.37 bits per heavy atom. The first-order valence-electron chi connectivity index (χ1n) is 6.75. The van der Waals surface area contributed by atoms with E-state index in [-0.39, 0.29) is 5.69 Å². The van der Waals surface area contributed by atoms with Gasteiger partial charge in [0.25, 0.3) is 0 Å². The van der Waals surface area contributed by atoms with Crippen molar-refractivity contribution in [3.8, 4) is 5.75 Å². The zero-order valence-corrected chi connectivity index (χ0v) is 11.2. The number of ether oxygens (including phenoxy) is 1. The van der Waals surface area contributed by atoms with Gasteiger partial charge in [0.05, 0.1) is 11.5 Å². The molecule has 0 aromatic heterocycles. The lowest BCUT2D eigenvalue weighted by Gasteiger charge is -2.22. The molecule has 104 valence electrons. The molecular formula is C14H20N2O3. The molecule has 2 rings (SSSR count). The molecule has 0 radical (unpaired) electrons. The molecule has 1 fully saturated rings. The van der Waals surface area contributed by atoms with Gasteiger partial charge < -0.3 is 10.1 Å². The molecule has 0 saturated carbocycles. The molecule has 1 aromatic carbocycles. The monoisotopic (exact) mass is 264 g/mol. The first-order valence-corrected chi connectivity index (χ1v) is 6.75. The van der Waals surface area contributed by atoms with E-state index in [9.17, 15) is 10.1 Å². The van der Waals surface area contributed by atoms with E-state index < -0.39 is 4.92 Å². The highest BCUT2D eigenvalue weighted by molar-refractivity contribution is 5.48. The standard InChI is InChI=1S/C14H20N2O3/c1-11-4-5-13(16(17)18)14(9-11)19-8-6-12-3-2-7-15-10-12/h4-5,9,12,15H,2-3,6-8,10H2,1H3. The lowest BCUT2D eigenvalue weighted by molar-refractivity contribution is -0.385. The summed E-state index contributed by atoms with van der Waals surface area (Å²) in [5, 5.41) is 14.3.